The van der Waals surface area contributed by atoms with Gasteiger partial charge in [0, 0.05) is 11.4 Å². The van der Waals surface area contributed by atoms with Crippen molar-refractivity contribution in [2.75, 3.05) is 0 Å². The van der Waals surface area contributed by atoms with E-state index in [1.807, 2.05) is 0 Å². The molecule has 1 aliphatic rings. The summed E-state index contributed by atoms with van der Waals surface area (Å²) in [5.41, 5.74) is 1.19. The second kappa shape index (κ2) is 5.38. The van der Waals surface area contributed by atoms with E-state index in [1.165, 1.54) is 30.6 Å². The van der Waals surface area contributed by atoms with Crippen molar-refractivity contribution in [3.8, 4) is 0 Å². The van der Waals surface area contributed by atoms with Crippen molar-refractivity contribution >= 4 is 27.6 Å². The largest absolute Gasteiger partial charge is 0.480 e. The number of benzene rings is 1. The van der Waals surface area contributed by atoms with Crippen LogP contribution in [0.1, 0.15) is 11.4 Å². The lowest BCUT2D eigenvalue weighted by atomic mass is 10.1. The van der Waals surface area contributed by atoms with Gasteiger partial charge in [-0.15, -0.1) is 0 Å². The molecule has 0 saturated heterocycles. The number of nitrogens with one attached hydrogen (secondary N) is 1. The summed E-state index contributed by atoms with van der Waals surface area (Å²) < 4.78 is 26.4. The second-order valence-corrected chi connectivity index (χ2v) is 7.22. The average molecular weight is 342 g/mol. The SMILES string of the molecule is O=C(O)C1Cc2nc[nH]c2CN1S(=O)(=O)c1ccc(Cl)cc1. The Balaban J connectivity index is 2.04. The van der Waals surface area contributed by atoms with Crippen molar-refractivity contribution in [2.24, 2.45) is 0 Å². The summed E-state index contributed by atoms with van der Waals surface area (Å²) in [5, 5.41) is 9.77. The number of aromatic amines is 1. The quantitative estimate of drug-likeness (QED) is 0.874. The van der Waals surface area contributed by atoms with E-state index in [-0.39, 0.29) is 17.9 Å². The molecule has 0 saturated carbocycles. The van der Waals surface area contributed by atoms with E-state index in [0.717, 1.165) is 4.31 Å². The number of carbonyl (C=O) groups is 1. The molecule has 2 aromatic rings. The topological polar surface area (TPSA) is 103 Å². The molecule has 3 rings (SSSR count). The first-order valence-electron chi connectivity index (χ1n) is 6.41. The van der Waals surface area contributed by atoms with E-state index in [1.54, 1.807) is 0 Å². The summed E-state index contributed by atoms with van der Waals surface area (Å²) in [4.78, 5) is 18.3. The highest BCUT2D eigenvalue weighted by Crippen LogP contribution is 2.28. The monoisotopic (exact) mass is 341 g/mol. The lowest BCUT2D eigenvalue weighted by Crippen LogP contribution is -2.48. The lowest BCUT2D eigenvalue weighted by molar-refractivity contribution is -0.141. The van der Waals surface area contributed by atoms with E-state index in [4.69, 9.17) is 11.6 Å². The van der Waals surface area contributed by atoms with E-state index in [0.29, 0.717) is 16.4 Å². The molecule has 116 valence electrons. The number of hydrogen-bond donors (Lipinski definition) is 2. The molecule has 0 radical (unpaired) electrons. The summed E-state index contributed by atoms with van der Waals surface area (Å²) in [5.74, 6) is -1.20. The number of halogens is 1. The Kier molecular flexibility index (Phi) is 3.67. The normalized spacial score (nSPS) is 18.9. The molecule has 0 amide bonds. The maximum absolute atomic E-state index is 12.7. The van der Waals surface area contributed by atoms with Crippen LogP contribution in [0.25, 0.3) is 0 Å². The Morgan fingerprint density at radius 2 is 2.05 bits per heavy atom. The fourth-order valence-electron chi connectivity index (χ4n) is 2.42. The minimum Gasteiger partial charge on any atom is -0.480 e. The Labute approximate surface area is 131 Å². The zero-order chi connectivity index (χ0) is 15.9. The number of aliphatic carboxylic acids is 1. The summed E-state index contributed by atoms with van der Waals surface area (Å²) in [6.07, 6.45) is 1.46. The molecule has 22 heavy (non-hydrogen) atoms. The van der Waals surface area contributed by atoms with Gasteiger partial charge in [0.1, 0.15) is 6.04 Å². The fraction of sp³-hybridized carbons (Fsp3) is 0.231. The Bertz CT molecular complexity index is 816. The predicted molar refractivity (Wildman–Crippen MR) is 77.9 cm³/mol. The molecule has 9 heteroatoms. The summed E-state index contributed by atoms with van der Waals surface area (Å²) in [7, 11) is -3.95. The van der Waals surface area contributed by atoms with Crippen LogP contribution >= 0.6 is 11.6 Å². The molecule has 1 aromatic carbocycles. The van der Waals surface area contributed by atoms with Gasteiger partial charge < -0.3 is 10.1 Å². The number of hydrogen-bond acceptors (Lipinski definition) is 4. The number of nitrogens with zero attached hydrogens (tertiary/aromatic N) is 2. The molecule has 0 fully saturated rings. The van der Waals surface area contributed by atoms with Gasteiger partial charge in [0.05, 0.1) is 29.2 Å². The van der Waals surface area contributed by atoms with Crippen molar-refractivity contribution < 1.29 is 18.3 Å². The zero-order valence-corrected chi connectivity index (χ0v) is 12.8. The number of imidazole rings is 1. The van der Waals surface area contributed by atoms with Gasteiger partial charge in [0.2, 0.25) is 10.0 Å². The van der Waals surface area contributed by atoms with Gasteiger partial charge in [-0.25, -0.2) is 13.4 Å². The van der Waals surface area contributed by atoms with Gasteiger partial charge in [-0.05, 0) is 24.3 Å². The van der Waals surface area contributed by atoms with Crippen LogP contribution in [-0.4, -0.2) is 39.8 Å². The van der Waals surface area contributed by atoms with Gasteiger partial charge in [0.15, 0.2) is 0 Å². The molecule has 1 unspecified atom stereocenters. The number of carboxylic acids is 1. The molecule has 7 nitrogen and oxygen atoms in total. The third-order valence-corrected chi connectivity index (χ3v) is 5.68. The number of carboxylic acid groups (broad SMARTS) is 1. The highest BCUT2D eigenvalue weighted by Gasteiger charge is 2.40. The third-order valence-electron chi connectivity index (χ3n) is 3.56. The highest BCUT2D eigenvalue weighted by molar-refractivity contribution is 7.89. The van der Waals surface area contributed by atoms with Crippen LogP contribution in [0.4, 0.5) is 0 Å². The summed E-state index contributed by atoms with van der Waals surface area (Å²) >= 11 is 5.76. The van der Waals surface area contributed by atoms with E-state index >= 15 is 0 Å². The number of H-pyrrole nitrogens is 1. The van der Waals surface area contributed by atoms with Crippen LogP contribution in [-0.2, 0) is 27.8 Å². The fourth-order valence-corrected chi connectivity index (χ4v) is 4.09. The first kappa shape index (κ1) is 15.0. The summed E-state index contributed by atoms with van der Waals surface area (Å²) in [6.45, 7) is -0.0583. The van der Waals surface area contributed by atoms with Crippen molar-refractivity contribution in [3.63, 3.8) is 0 Å². The van der Waals surface area contributed by atoms with Crippen LogP contribution in [0, 0.1) is 0 Å². The highest BCUT2D eigenvalue weighted by atomic mass is 35.5. The molecule has 1 atom stereocenters. The van der Waals surface area contributed by atoms with Crippen LogP contribution in [0.5, 0.6) is 0 Å². The summed E-state index contributed by atoms with van der Waals surface area (Å²) in [6, 6.07) is 4.44. The van der Waals surface area contributed by atoms with Gasteiger partial charge in [-0.3, -0.25) is 4.79 Å². The maximum atomic E-state index is 12.7. The zero-order valence-electron chi connectivity index (χ0n) is 11.2. The maximum Gasteiger partial charge on any atom is 0.322 e. The Morgan fingerprint density at radius 1 is 1.36 bits per heavy atom. The molecule has 1 aliphatic heterocycles. The van der Waals surface area contributed by atoms with Gasteiger partial charge in [-0.2, -0.15) is 4.31 Å². The predicted octanol–water partition coefficient (Wildman–Crippen LogP) is 1.26. The van der Waals surface area contributed by atoms with Gasteiger partial charge >= 0.3 is 5.97 Å². The van der Waals surface area contributed by atoms with E-state index in [9.17, 15) is 18.3 Å². The first-order valence-corrected chi connectivity index (χ1v) is 8.23. The number of fused-ring (bicyclic) bond motifs is 1. The van der Waals surface area contributed by atoms with Crippen LogP contribution in [0.3, 0.4) is 0 Å². The van der Waals surface area contributed by atoms with Gasteiger partial charge in [-0.1, -0.05) is 11.6 Å². The Morgan fingerprint density at radius 3 is 2.68 bits per heavy atom. The van der Waals surface area contributed by atoms with Crippen LogP contribution in [0.15, 0.2) is 35.5 Å². The van der Waals surface area contributed by atoms with Crippen LogP contribution in [0.2, 0.25) is 5.02 Å². The minimum absolute atomic E-state index is 0.00566. The third kappa shape index (κ3) is 2.49. The van der Waals surface area contributed by atoms with Crippen molar-refractivity contribution in [1.82, 2.24) is 14.3 Å². The molecule has 1 aromatic heterocycles. The van der Waals surface area contributed by atoms with E-state index in [2.05, 4.69) is 9.97 Å². The van der Waals surface area contributed by atoms with Gasteiger partial charge in [0.25, 0.3) is 0 Å². The molecule has 2 heterocycles. The molecule has 0 aliphatic carbocycles. The standard InChI is InChI=1S/C13H12ClN3O4S/c14-8-1-3-9(4-2-8)22(20,21)17-6-11-10(15-7-16-11)5-12(17)13(18)19/h1-4,7,12H,5-6H2,(H,15,16)(H,18,19). The molecule has 0 bridgehead atoms. The Hall–Kier alpha value is -1.90. The van der Waals surface area contributed by atoms with Crippen LogP contribution < -0.4 is 0 Å². The molecule has 0 spiro atoms. The molecule has 2 N–H and O–H groups in total. The molecular formula is C13H12ClN3O4S. The number of sulfonamides is 1. The van der Waals surface area contributed by atoms with E-state index < -0.39 is 22.0 Å². The number of aromatic nitrogens is 2. The first-order chi connectivity index (χ1) is 10.4. The molecular weight excluding hydrogens is 330 g/mol. The lowest BCUT2D eigenvalue weighted by Gasteiger charge is -2.31. The van der Waals surface area contributed by atoms with Crippen molar-refractivity contribution in [1.29, 1.82) is 0 Å². The minimum atomic E-state index is -3.95. The smallest absolute Gasteiger partial charge is 0.322 e. The van der Waals surface area contributed by atoms with Crippen molar-refractivity contribution in [2.45, 2.75) is 23.9 Å². The van der Waals surface area contributed by atoms with Crippen molar-refractivity contribution in [3.05, 3.63) is 47.0 Å². The second-order valence-electron chi connectivity index (χ2n) is 4.89. The average Bonchev–Trinajstić information content (AvgIpc) is 2.93. The number of rotatable bonds is 3.